The zero-order chi connectivity index (χ0) is 18.0. The number of guanidine groups is 1. The van der Waals surface area contributed by atoms with Crippen molar-refractivity contribution < 1.29 is 0 Å². The van der Waals surface area contributed by atoms with E-state index in [0.29, 0.717) is 6.54 Å². The Balaban J connectivity index is 0.00000261. The van der Waals surface area contributed by atoms with Gasteiger partial charge >= 0.3 is 0 Å². The van der Waals surface area contributed by atoms with Crippen LogP contribution >= 0.6 is 24.0 Å². The molecule has 0 spiro atoms. The third kappa shape index (κ3) is 6.39. The van der Waals surface area contributed by atoms with Crippen LogP contribution in [0.2, 0.25) is 0 Å². The largest absolute Gasteiger partial charge is 0.356 e. The number of benzene rings is 2. The minimum atomic E-state index is 0. The lowest BCUT2D eigenvalue weighted by Gasteiger charge is -2.14. The Kier molecular flexibility index (Phi) is 8.83. The average molecular weight is 475 g/mol. The van der Waals surface area contributed by atoms with Crippen LogP contribution < -0.4 is 10.6 Å². The van der Waals surface area contributed by atoms with Crippen LogP contribution in [0.4, 0.5) is 0 Å². The first-order chi connectivity index (χ1) is 12.9. The molecule has 0 amide bonds. The van der Waals surface area contributed by atoms with Gasteiger partial charge in [0.05, 0.1) is 12.0 Å². The summed E-state index contributed by atoms with van der Waals surface area (Å²) in [4.78, 5) is 8.45. The van der Waals surface area contributed by atoms with Crippen molar-refractivity contribution in [2.75, 3.05) is 13.6 Å². The molecule has 3 aromatic rings. The van der Waals surface area contributed by atoms with Crippen molar-refractivity contribution in [3.8, 4) is 5.69 Å². The molecular formula is C21H26IN5. The number of aromatic nitrogens is 2. The summed E-state index contributed by atoms with van der Waals surface area (Å²) >= 11 is 0. The standard InChI is InChI=1S/C21H25N5.HI/c1-22-21(24-13-7-10-18-8-3-2-4-9-18)25-16-19-11-5-6-12-20(19)26-15-14-23-17-26;/h2-6,8-9,11-12,14-15,17H,7,10,13,16H2,1H3,(H2,22,24,25);1H. The number of imidazole rings is 1. The number of para-hydroxylation sites is 1. The zero-order valence-corrected chi connectivity index (χ0v) is 17.8. The van der Waals surface area contributed by atoms with E-state index in [1.807, 2.05) is 29.2 Å². The quantitative estimate of drug-likeness (QED) is 0.237. The lowest BCUT2D eigenvalue weighted by molar-refractivity contribution is 0.741. The van der Waals surface area contributed by atoms with Gasteiger partial charge in [-0.2, -0.15) is 0 Å². The highest BCUT2D eigenvalue weighted by molar-refractivity contribution is 14.0. The number of hydrogen-bond acceptors (Lipinski definition) is 2. The fraction of sp³-hybridized carbons (Fsp3) is 0.238. The second kappa shape index (κ2) is 11.4. The molecule has 5 nitrogen and oxygen atoms in total. The Hall–Kier alpha value is -2.35. The molecule has 6 heteroatoms. The smallest absolute Gasteiger partial charge is 0.191 e. The van der Waals surface area contributed by atoms with Crippen molar-refractivity contribution in [1.82, 2.24) is 20.2 Å². The molecule has 0 fully saturated rings. The minimum absolute atomic E-state index is 0. The van der Waals surface area contributed by atoms with E-state index in [4.69, 9.17) is 0 Å². The van der Waals surface area contributed by atoms with Crippen LogP contribution in [0.15, 0.2) is 78.3 Å². The van der Waals surface area contributed by atoms with Gasteiger partial charge in [-0.15, -0.1) is 24.0 Å². The summed E-state index contributed by atoms with van der Waals surface area (Å²) in [6.45, 7) is 1.59. The highest BCUT2D eigenvalue weighted by Crippen LogP contribution is 2.13. The number of aliphatic imine (C=N–C) groups is 1. The van der Waals surface area contributed by atoms with Crippen molar-refractivity contribution in [3.05, 3.63) is 84.4 Å². The van der Waals surface area contributed by atoms with Crippen LogP contribution in [0, 0.1) is 0 Å². The summed E-state index contributed by atoms with van der Waals surface area (Å²) < 4.78 is 2.02. The highest BCUT2D eigenvalue weighted by Gasteiger charge is 2.05. The lowest BCUT2D eigenvalue weighted by Crippen LogP contribution is -2.37. The number of rotatable bonds is 7. The predicted octanol–water partition coefficient (Wildman–Crippen LogP) is 3.79. The molecule has 142 valence electrons. The number of aryl methyl sites for hydroxylation is 1. The summed E-state index contributed by atoms with van der Waals surface area (Å²) in [6, 6.07) is 18.8. The number of nitrogens with one attached hydrogen (secondary N) is 2. The fourth-order valence-electron chi connectivity index (χ4n) is 2.86. The number of nitrogens with zero attached hydrogens (tertiary/aromatic N) is 3. The summed E-state index contributed by atoms with van der Waals surface area (Å²) in [5.41, 5.74) is 3.68. The van der Waals surface area contributed by atoms with Crippen molar-refractivity contribution in [3.63, 3.8) is 0 Å². The Morgan fingerprint density at radius 1 is 1.04 bits per heavy atom. The van der Waals surface area contributed by atoms with Crippen molar-refractivity contribution >= 4 is 29.9 Å². The molecule has 0 aliphatic heterocycles. The van der Waals surface area contributed by atoms with E-state index in [0.717, 1.165) is 31.0 Å². The van der Waals surface area contributed by atoms with Crippen LogP contribution in [0.25, 0.3) is 5.69 Å². The number of hydrogen-bond donors (Lipinski definition) is 2. The molecule has 27 heavy (non-hydrogen) atoms. The van der Waals surface area contributed by atoms with E-state index >= 15 is 0 Å². The van der Waals surface area contributed by atoms with Gasteiger partial charge in [0, 0.05) is 32.5 Å². The second-order valence-electron chi connectivity index (χ2n) is 6.04. The molecule has 2 N–H and O–H groups in total. The maximum absolute atomic E-state index is 4.32. The minimum Gasteiger partial charge on any atom is -0.356 e. The second-order valence-corrected chi connectivity index (χ2v) is 6.04. The molecule has 0 atom stereocenters. The van der Waals surface area contributed by atoms with Crippen LogP contribution in [-0.4, -0.2) is 29.1 Å². The van der Waals surface area contributed by atoms with Gasteiger partial charge in [0.25, 0.3) is 0 Å². The first kappa shape index (κ1) is 21.0. The Morgan fingerprint density at radius 3 is 2.56 bits per heavy atom. The topological polar surface area (TPSA) is 54.2 Å². The van der Waals surface area contributed by atoms with Crippen molar-refractivity contribution in [2.24, 2.45) is 4.99 Å². The van der Waals surface area contributed by atoms with Gasteiger partial charge in [-0.05, 0) is 30.0 Å². The van der Waals surface area contributed by atoms with Gasteiger partial charge in [-0.25, -0.2) is 4.98 Å². The van der Waals surface area contributed by atoms with Crippen molar-refractivity contribution in [2.45, 2.75) is 19.4 Å². The molecular weight excluding hydrogens is 449 g/mol. The zero-order valence-electron chi connectivity index (χ0n) is 15.5. The van der Waals surface area contributed by atoms with Gasteiger partial charge in [-0.3, -0.25) is 4.99 Å². The average Bonchev–Trinajstić information content (AvgIpc) is 3.23. The molecule has 2 aromatic carbocycles. The van der Waals surface area contributed by atoms with E-state index in [-0.39, 0.29) is 24.0 Å². The Morgan fingerprint density at radius 2 is 1.81 bits per heavy atom. The van der Waals surface area contributed by atoms with E-state index < -0.39 is 0 Å². The van der Waals surface area contributed by atoms with E-state index in [2.05, 4.69) is 63.1 Å². The van der Waals surface area contributed by atoms with Crippen LogP contribution in [-0.2, 0) is 13.0 Å². The number of halogens is 1. The normalized spacial score (nSPS) is 10.9. The molecule has 0 radical (unpaired) electrons. The van der Waals surface area contributed by atoms with E-state index in [1.165, 1.54) is 11.1 Å². The molecule has 0 aliphatic rings. The molecule has 0 unspecified atom stereocenters. The van der Waals surface area contributed by atoms with Crippen LogP contribution in [0.3, 0.4) is 0 Å². The van der Waals surface area contributed by atoms with Crippen LogP contribution in [0.1, 0.15) is 17.5 Å². The Bertz CT molecular complexity index is 816. The highest BCUT2D eigenvalue weighted by atomic mass is 127. The first-order valence-electron chi connectivity index (χ1n) is 8.91. The monoisotopic (exact) mass is 475 g/mol. The van der Waals surface area contributed by atoms with Gasteiger partial charge in [-0.1, -0.05) is 48.5 Å². The molecule has 0 saturated carbocycles. The Labute approximate surface area is 178 Å². The van der Waals surface area contributed by atoms with Gasteiger partial charge < -0.3 is 15.2 Å². The summed E-state index contributed by atoms with van der Waals surface area (Å²) in [5.74, 6) is 0.818. The van der Waals surface area contributed by atoms with Gasteiger partial charge in [0.2, 0.25) is 0 Å². The van der Waals surface area contributed by atoms with Crippen molar-refractivity contribution in [1.29, 1.82) is 0 Å². The van der Waals surface area contributed by atoms with Gasteiger partial charge in [0.1, 0.15) is 0 Å². The molecule has 0 saturated heterocycles. The van der Waals surface area contributed by atoms with E-state index in [9.17, 15) is 0 Å². The third-order valence-electron chi connectivity index (χ3n) is 4.22. The maximum atomic E-state index is 4.32. The van der Waals surface area contributed by atoms with Crippen LogP contribution in [0.5, 0.6) is 0 Å². The predicted molar refractivity (Wildman–Crippen MR) is 122 cm³/mol. The summed E-state index contributed by atoms with van der Waals surface area (Å²) in [7, 11) is 1.80. The molecule has 1 heterocycles. The molecule has 1 aromatic heterocycles. The third-order valence-corrected chi connectivity index (χ3v) is 4.22. The van der Waals surface area contributed by atoms with E-state index in [1.54, 1.807) is 13.2 Å². The molecule has 3 rings (SSSR count). The maximum Gasteiger partial charge on any atom is 0.191 e. The van der Waals surface area contributed by atoms with Gasteiger partial charge in [0.15, 0.2) is 5.96 Å². The SMILES string of the molecule is CN=C(NCCCc1ccccc1)NCc1ccccc1-n1ccnc1.I. The summed E-state index contributed by atoms with van der Waals surface area (Å²) in [5, 5.41) is 6.78. The summed E-state index contributed by atoms with van der Waals surface area (Å²) in [6.07, 6.45) is 7.69. The molecule has 0 aliphatic carbocycles. The molecule has 0 bridgehead atoms. The first-order valence-corrected chi connectivity index (χ1v) is 8.91. The fourth-order valence-corrected chi connectivity index (χ4v) is 2.86. The lowest BCUT2D eigenvalue weighted by atomic mass is 10.1.